The summed E-state index contributed by atoms with van der Waals surface area (Å²) in [5, 5.41) is 7.06. The third-order valence-corrected chi connectivity index (χ3v) is 9.00. The molecule has 4 heterocycles. The molecule has 46 heavy (non-hydrogen) atoms. The van der Waals surface area contributed by atoms with Crippen molar-refractivity contribution in [1.29, 1.82) is 0 Å². The van der Waals surface area contributed by atoms with Gasteiger partial charge in [-0.15, -0.1) is 0 Å². The highest BCUT2D eigenvalue weighted by Crippen LogP contribution is 2.44. The second-order valence-electron chi connectivity index (χ2n) is 11.9. The first-order valence-corrected chi connectivity index (χ1v) is 15.4. The van der Waals surface area contributed by atoms with Crippen molar-refractivity contribution in [2.75, 3.05) is 40.3 Å². The molecule has 1 unspecified atom stereocenters. The number of amides is 2. The summed E-state index contributed by atoms with van der Waals surface area (Å²) in [7, 11) is 3.12. The maximum atomic E-state index is 16.4. The topological polar surface area (TPSA) is 86.3 Å². The van der Waals surface area contributed by atoms with E-state index in [1.165, 1.54) is 23.1 Å². The number of fused-ring (bicyclic) bond motifs is 1. The minimum Gasteiger partial charge on any atom is -0.348 e. The van der Waals surface area contributed by atoms with E-state index in [2.05, 4.69) is 15.4 Å². The molecule has 13 heteroatoms. The van der Waals surface area contributed by atoms with Crippen LogP contribution in [0.25, 0.3) is 27.6 Å². The molecule has 0 saturated carbocycles. The number of benzene rings is 2. The van der Waals surface area contributed by atoms with E-state index < -0.39 is 35.9 Å². The van der Waals surface area contributed by atoms with Gasteiger partial charge in [-0.3, -0.25) is 14.3 Å². The van der Waals surface area contributed by atoms with E-state index in [-0.39, 0.29) is 63.6 Å². The molecule has 242 valence electrons. The molecule has 0 spiro atoms. The van der Waals surface area contributed by atoms with Gasteiger partial charge in [-0.05, 0) is 66.4 Å². The molecule has 1 atom stereocenters. The van der Waals surface area contributed by atoms with E-state index in [1.54, 1.807) is 42.1 Å². The molecule has 1 fully saturated rings. The standard InChI is InChI=1S/C33H33ClF4N6O2/c1-42(2)32(46)28-16-23-21(22-15-27(35)24(14-26(22)34)25-6-9-39-18-33(25,37)38)13-20(30(36)31(23)41-28)19-5-3-10-43(17-19)29(45)7-12-44-11-4-8-40-44/h4-5,8,11,13-16,25,39,41H,3,6-7,9-10,12,17-18H2,1-2H3. The molecule has 0 radical (unpaired) electrons. The van der Waals surface area contributed by atoms with E-state index in [0.29, 0.717) is 37.2 Å². The van der Waals surface area contributed by atoms with E-state index >= 15 is 8.78 Å². The Bertz CT molecular complexity index is 1840. The van der Waals surface area contributed by atoms with Crippen LogP contribution in [0, 0.1) is 11.6 Å². The van der Waals surface area contributed by atoms with Crippen LogP contribution in [0.1, 0.15) is 46.8 Å². The van der Waals surface area contributed by atoms with Gasteiger partial charge < -0.3 is 20.1 Å². The summed E-state index contributed by atoms with van der Waals surface area (Å²) in [6.45, 7) is 0.741. The fourth-order valence-electron chi connectivity index (χ4n) is 6.28. The number of rotatable bonds is 7. The van der Waals surface area contributed by atoms with Crippen molar-refractivity contribution in [3.05, 3.63) is 82.3 Å². The molecule has 2 aliphatic heterocycles. The Labute approximate surface area is 268 Å². The van der Waals surface area contributed by atoms with Crippen molar-refractivity contribution >= 4 is 39.9 Å². The first-order chi connectivity index (χ1) is 21.9. The Hall–Kier alpha value is -4.16. The average Bonchev–Trinajstić information content (AvgIpc) is 3.72. The summed E-state index contributed by atoms with van der Waals surface area (Å²) in [5.74, 6) is -6.54. The quantitative estimate of drug-likeness (QED) is 0.236. The fraction of sp³-hybridized carbons (Fsp3) is 0.364. The molecular weight excluding hydrogens is 624 g/mol. The maximum Gasteiger partial charge on any atom is 0.269 e. The Morgan fingerprint density at radius 1 is 1.13 bits per heavy atom. The summed E-state index contributed by atoms with van der Waals surface area (Å²) < 4.78 is 63.3. The van der Waals surface area contributed by atoms with Gasteiger partial charge in [0.25, 0.3) is 11.8 Å². The van der Waals surface area contributed by atoms with Gasteiger partial charge in [0.2, 0.25) is 5.91 Å². The summed E-state index contributed by atoms with van der Waals surface area (Å²) in [6, 6.07) is 7.10. The molecule has 6 rings (SSSR count). The smallest absolute Gasteiger partial charge is 0.269 e. The third kappa shape index (κ3) is 6.03. The fourth-order valence-corrected chi connectivity index (χ4v) is 6.55. The first-order valence-electron chi connectivity index (χ1n) is 15.0. The van der Waals surface area contributed by atoms with Crippen LogP contribution in [-0.2, 0) is 11.3 Å². The number of nitrogens with zero attached hydrogens (tertiary/aromatic N) is 4. The summed E-state index contributed by atoms with van der Waals surface area (Å²) in [5.41, 5.74) is 1.10. The highest BCUT2D eigenvalue weighted by Gasteiger charge is 2.44. The van der Waals surface area contributed by atoms with Crippen LogP contribution in [0.4, 0.5) is 17.6 Å². The van der Waals surface area contributed by atoms with E-state index in [9.17, 15) is 18.4 Å². The number of carbonyl (C=O) groups excluding carboxylic acids is 2. The molecule has 2 N–H and O–H groups in total. The zero-order valence-corrected chi connectivity index (χ0v) is 26.1. The molecule has 4 aromatic rings. The lowest BCUT2D eigenvalue weighted by molar-refractivity contribution is -0.131. The number of carbonyl (C=O) groups is 2. The van der Waals surface area contributed by atoms with Crippen LogP contribution in [0.3, 0.4) is 0 Å². The average molecular weight is 657 g/mol. The lowest BCUT2D eigenvalue weighted by Gasteiger charge is -2.32. The summed E-state index contributed by atoms with van der Waals surface area (Å²) in [6.07, 6.45) is 5.99. The van der Waals surface area contributed by atoms with Crippen molar-refractivity contribution in [1.82, 2.24) is 29.9 Å². The predicted molar refractivity (Wildman–Crippen MR) is 168 cm³/mol. The van der Waals surface area contributed by atoms with Crippen molar-refractivity contribution in [2.45, 2.75) is 37.6 Å². The number of aromatic amines is 1. The molecule has 1 saturated heterocycles. The Balaban J connectivity index is 1.42. The SMILES string of the molecule is CN(C)C(=O)c1cc2c(-c3cc(F)c(C4CCNCC4(F)F)cc3Cl)cc(C3=CCCN(C(=O)CCn4cccn4)C3)c(F)c2[nH]1. The number of piperidine rings is 1. The van der Waals surface area contributed by atoms with Crippen LogP contribution < -0.4 is 5.32 Å². The number of alkyl halides is 2. The van der Waals surface area contributed by atoms with Crippen molar-refractivity contribution < 1.29 is 27.2 Å². The Morgan fingerprint density at radius 2 is 1.93 bits per heavy atom. The summed E-state index contributed by atoms with van der Waals surface area (Å²) in [4.78, 5) is 31.8. The van der Waals surface area contributed by atoms with Crippen LogP contribution in [-0.4, -0.2) is 82.6 Å². The second-order valence-corrected chi connectivity index (χ2v) is 12.3. The lowest BCUT2D eigenvalue weighted by Crippen LogP contribution is -2.44. The van der Waals surface area contributed by atoms with Crippen LogP contribution in [0.5, 0.6) is 0 Å². The first kappa shape index (κ1) is 31.8. The molecule has 2 aromatic heterocycles. The van der Waals surface area contributed by atoms with Crippen LogP contribution >= 0.6 is 11.6 Å². The number of hydrogen-bond donors (Lipinski definition) is 2. The van der Waals surface area contributed by atoms with E-state index in [0.717, 1.165) is 6.07 Å². The van der Waals surface area contributed by atoms with Gasteiger partial charge in [-0.2, -0.15) is 5.10 Å². The second kappa shape index (κ2) is 12.6. The van der Waals surface area contributed by atoms with Crippen molar-refractivity contribution in [3.8, 4) is 11.1 Å². The van der Waals surface area contributed by atoms with Gasteiger partial charge in [0, 0.05) is 74.1 Å². The minimum absolute atomic E-state index is 0.00571. The number of halogens is 5. The zero-order chi connectivity index (χ0) is 32.7. The van der Waals surface area contributed by atoms with Crippen molar-refractivity contribution in [2.24, 2.45) is 0 Å². The van der Waals surface area contributed by atoms with Gasteiger partial charge in [-0.25, -0.2) is 17.6 Å². The molecule has 2 aromatic carbocycles. The van der Waals surface area contributed by atoms with Gasteiger partial charge in [-0.1, -0.05) is 17.7 Å². The van der Waals surface area contributed by atoms with Crippen LogP contribution in [0.15, 0.2) is 48.8 Å². The minimum atomic E-state index is -3.17. The molecular formula is C33H33ClF4N6O2. The van der Waals surface area contributed by atoms with Gasteiger partial charge in [0.1, 0.15) is 11.5 Å². The molecule has 2 amide bonds. The molecule has 0 bridgehead atoms. The third-order valence-electron chi connectivity index (χ3n) is 8.68. The largest absolute Gasteiger partial charge is 0.348 e. The lowest BCUT2D eigenvalue weighted by atomic mass is 9.85. The molecule has 8 nitrogen and oxygen atoms in total. The van der Waals surface area contributed by atoms with E-state index in [4.69, 9.17) is 11.6 Å². The number of aryl methyl sites for hydroxylation is 1. The number of nitrogens with one attached hydrogen (secondary N) is 2. The highest BCUT2D eigenvalue weighted by molar-refractivity contribution is 6.34. The number of hydrogen-bond acceptors (Lipinski definition) is 4. The van der Waals surface area contributed by atoms with Gasteiger partial charge in [0.15, 0.2) is 5.82 Å². The normalized spacial score (nSPS) is 18.1. The zero-order valence-electron chi connectivity index (χ0n) is 25.3. The molecule has 0 aliphatic carbocycles. The number of H-pyrrole nitrogens is 1. The van der Waals surface area contributed by atoms with E-state index in [1.807, 2.05) is 6.08 Å². The van der Waals surface area contributed by atoms with Gasteiger partial charge >= 0.3 is 0 Å². The Morgan fingerprint density at radius 3 is 2.65 bits per heavy atom. The summed E-state index contributed by atoms with van der Waals surface area (Å²) >= 11 is 6.71. The van der Waals surface area contributed by atoms with Crippen LogP contribution in [0.2, 0.25) is 5.02 Å². The molecule has 2 aliphatic rings. The maximum absolute atomic E-state index is 16.4. The number of aromatic nitrogens is 3. The highest BCUT2D eigenvalue weighted by atomic mass is 35.5. The predicted octanol–water partition coefficient (Wildman–Crippen LogP) is 6.08. The Kier molecular flexibility index (Phi) is 8.68. The van der Waals surface area contributed by atoms with Crippen molar-refractivity contribution in [3.63, 3.8) is 0 Å². The monoisotopic (exact) mass is 656 g/mol. The van der Waals surface area contributed by atoms with Gasteiger partial charge in [0.05, 0.1) is 18.0 Å².